The molecule has 0 aromatic rings. The van der Waals surface area contributed by atoms with Crippen LogP contribution in [0.4, 0.5) is 0 Å². The molecule has 1 fully saturated rings. The summed E-state index contributed by atoms with van der Waals surface area (Å²) in [6.45, 7) is 9.12. The molecular weight excluding hydrogens is 198 g/mol. The number of methoxy groups -OCH3 is 1. The van der Waals surface area contributed by atoms with E-state index in [1.807, 2.05) is 0 Å². The number of hydrogen-bond acceptors (Lipinski definition) is 2. The maximum Gasteiger partial charge on any atom is 0.0777 e. The Morgan fingerprint density at radius 3 is 2.93 bits per heavy atom. The first-order chi connectivity index (χ1) is 6.59. The number of halogens is 1. The Kier molecular flexibility index (Phi) is 4.42. The SMILES string of the molecule is C=C(CCl)CN1CCCC(C)(OC)C1. The van der Waals surface area contributed by atoms with Crippen LogP contribution in [0.3, 0.4) is 0 Å². The molecule has 2 nitrogen and oxygen atoms in total. The first-order valence-electron chi connectivity index (χ1n) is 5.10. The van der Waals surface area contributed by atoms with Crippen molar-refractivity contribution in [2.75, 3.05) is 32.6 Å². The number of rotatable bonds is 4. The molecule has 1 unspecified atom stereocenters. The predicted molar refractivity (Wildman–Crippen MR) is 60.9 cm³/mol. The van der Waals surface area contributed by atoms with Gasteiger partial charge in [-0.2, -0.15) is 0 Å². The molecule has 1 heterocycles. The zero-order chi connectivity index (χ0) is 10.6. The molecule has 0 amide bonds. The lowest BCUT2D eigenvalue weighted by molar-refractivity contribution is -0.0483. The third-order valence-electron chi connectivity index (χ3n) is 2.87. The number of alkyl halides is 1. The van der Waals surface area contributed by atoms with Gasteiger partial charge in [-0.3, -0.25) is 4.90 Å². The van der Waals surface area contributed by atoms with Crippen molar-refractivity contribution in [1.29, 1.82) is 0 Å². The van der Waals surface area contributed by atoms with E-state index in [1.54, 1.807) is 7.11 Å². The van der Waals surface area contributed by atoms with Crippen molar-refractivity contribution in [2.24, 2.45) is 0 Å². The average Bonchev–Trinajstić information content (AvgIpc) is 2.18. The second-order valence-electron chi connectivity index (χ2n) is 4.35. The highest BCUT2D eigenvalue weighted by Gasteiger charge is 2.30. The van der Waals surface area contributed by atoms with Gasteiger partial charge in [0.25, 0.3) is 0 Å². The molecule has 1 aliphatic rings. The summed E-state index contributed by atoms with van der Waals surface area (Å²) >= 11 is 5.72. The standard InChI is InChI=1S/C11H20ClNO/c1-10(7-12)8-13-6-4-5-11(2,9-13)14-3/h1,4-9H2,2-3H3. The van der Waals surface area contributed by atoms with Crippen LogP contribution in [0.25, 0.3) is 0 Å². The first-order valence-corrected chi connectivity index (χ1v) is 5.63. The Hall–Kier alpha value is -0.0500. The number of hydrogen-bond donors (Lipinski definition) is 0. The molecule has 0 spiro atoms. The lowest BCUT2D eigenvalue weighted by atomic mass is 9.94. The maximum absolute atomic E-state index is 5.72. The molecule has 0 radical (unpaired) electrons. The molecule has 0 aromatic carbocycles. The molecule has 1 rings (SSSR count). The van der Waals surface area contributed by atoms with Gasteiger partial charge >= 0.3 is 0 Å². The van der Waals surface area contributed by atoms with Crippen LogP contribution < -0.4 is 0 Å². The van der Waals surface area contributed by atoms with Crippen LogP contribution in [0.2, 0.25) is 0 Å². The van der Waals surface area contributed by atoms with Crippen molar-refractivity contribution in [1.82, 2.24) is 4.90 Å². The lowest BCUT2D eigenvalue weighted by Crippen LogP contribution is -2.47. The molecule has 0 bridgehead atoms. The highest BCUT2D eigenvalue weighted by atomic mass is 35.5. The topological polar surface area (TPSA) is 12.5 Å². The minimum atomic E-state index is 0.0187. The molecule has 14 heavy (non-hydrogen) atoms. The fraction of sp³-hybridized carbons (Fsp3) is 0.818. The fourth-order valence-corrected chi connectivity index (χ4v) is 2.05. The Labute approximate surface area is 91.9 Å². The van der Waals surface area contributed by atoms with Crippen LogP contribution >= 0.6 is 11.6 Å². The summed E-state index contributed by atoms with van der Waals surface area (Å²) in [5, 5.41) is 0. The van der Waals surface area contributed by atoms with Crippen molar-refractivity contribution < 1.29 is 4.74 Å². The molecule has 3 heteroatoms. The van der Waals surface area contributed by atoms with Gasteiger partial charge < -0.3 is 4.74 Å². The second kappa shape index (κ2) is 5.15. The third kappa shape index (κ3) is 3.26. The fourth-order valence-electron chi connectivity index (χ4n) is 1.97. The van der Waals surface area contributed by atoms with E-state index in [1.165, 1.54) is 6.42 Å². The van der Waals surface area contributed by atoms with Gasteiger partial charge in [-0.05, 0) is 31.9 Å². The summed E-state index contributed by atoms with van der Waals surface area (Å²) in [5.74, 6) is 0.556. The van der Waals surface area contributed by atoms with Crippen LogP contribution in [0.1, 0.15) is 19.8 Å². The molecule has 0 aromatic heterocycles. The van der Waals surface area contributed by atoms with E-state index in [-0.39, 0.29) is 5.60 Å². The van der Waals surface area contributed by atoms with Crippen LogP contribution in [0.15, 0.2) is 12.2 Å². The highest BCUT2D eigenvalue weighted by Crippen LogP contribution is 2.24. The Bertz CT molecular complexity index is 207. The van der Waals surface area contributed by atoms with Crippen molar-refractivity contribution in [3.63, 3.8) is 0 Å². The molecule has 82 valence electrons. The summed E-state index contributed by atoms with van der Waals surface area (Å²) < 4.78 is 5.52. The van der Waals surface area contributed by atoms with Crippen molar-refractivity contribution in [3.05, 3.63) is 12.2 Å². The predicted octanol–water partition coefficient (Wildman–Crippen LogP) is 2.28. The average molecular weight is 218 g/mol. The zero-order valence-corrected chi connectivity index (χ0v) is 9.94. The summed E-state index contributed by atoms with van der Waals surface area (Å²) in [7, 11) is 1.79. The van der Waals surface area contributed by atoms with E-state index >= 15 is 0 Å². The highest BCUT2D eigenvalue weighted by molar-refractivity contribution is 6.19. The minimum Gasteiger partial charge on any atom is -0.377 e. The molecule has 1 saturated heterocycles. The van der Waals surface area contributed by atoms with Gasteiger partial charge in [0.05, 0.1) is 5.60 Å². The minimum absolute atomic E-state index is 0.0187. The summed E-state index contributed by atoms with van der Waals surface area (Å²) in [6, 6.07) is 0. The number of nitrogens with zero attached hydrogens (tertiary/aromatic N) is 1. The van der Waals surface area contributed by atoms with Gasteiger partial charge in [-0.1, -0.05) is 6.58 Å². The van der Waals surface area contributed by atoms with E-state index < -0.39 is 0 Å². The van der Waals surface area contributed by atoms with Crippen LogP contribution in [-0.4, -0.2) is 43.1 Å². The van der Waals surface area contributed by atoms with Gasteiger partial charge in [-0.15, -0.1) is 11.6 Å². The Morgan fingerprint density at radius 1 is 1.64 bits per heavy atom. The van der Waals surface area contributed by atoms with Gasteiger partial charge in [-0.25, -0.2) is 0 Å². The van der Waals surface area contributed by atoms with E-state index in [0.29, 0.717) is 5.88 Å². The molecule has 0 saturated carbocycles. The van der Waals surface area contributed by atoms with E-state index in [9.17, 15) is 0 Å². The Balaban J connectivity index is 2.44. The quantitative estimate of drug-likeness (QED) is 0.529. The van der Waals surface area contributed by atoms with E-state index in [4.69, 9.17) is 16.3 Å². The van der Waals surface area contributed by atoms with Crippen LogP contribution in [0, 0.1) is 0 Å². The van der Waals surface area contributed by atoms with Gasteiger partial charge in [0.2, 0.25) is 0 Å². The third-order valence-corrected chi connectivity index (χ3v) is 3.24. The van der Waals surface area contributed by atoms with Gasteiger partial charge in [0, 0.05) is 26.1 Å². The van der Waals surface area contributed by atoms with E-state index in [2.05, 4.69) is 18.4 Å². The summed E-state index contributed by atoms with van der Waals surface area (Å²) in [6.07, 6.45) is 2.34. The van der Waals surface area contributed by atoms with Gasteiger partial charge in [0.15, 0.2) is 0 Å². The van der Waals surface area contributed by atoms with Crippen LogP contribution in [0.5, 0.6) is 0 Å². The van der Waals surface area contributed by atoms with Crippen LogP contribution in [-0.2, 0) is 4.74 Å². The molecule has 0 N–H and O–H groups in total. The van der Waals surface area contributed by atoms with E-state index in [0.717, 1.165) is 31.6 Å². The largest absolute Gasteiger partial charge is 0.377 e. The Morgan fingerprint density at radius 2 is 2.36 bits per heavy atom. The summed E-state index contributed by atoms with van der Waals surface area (Å²) in [5.41, 5.74) is 1.11. The molecule has 1 aliphatic heterocycles. The molecule has 1 atom stereocenters. The smallest absolute Gasteiger partial charge is 0.0777 e. The second-order valence-corrected chi connectivity index (χ2v) is 4.62. The van der Waals surface area contributed by atoms with Crippen molar-refractivity contribution in [3.8, 4) is 0 Å². The first kappa shape index (κ1) is 12.0. The molecule has 0 aliphatic carbocycles. The number of piperidine rings is 1. The number of ether oxygens (including phenoxy) is 1. The van der Waals surface area contributed by atoms with Crippen molar-refractivity contribution in [2.45, 2.75) is 25.4 Å². The number of likely N-dealkylation sites (tertiary alicyclic amines) is 1. The van der Waals surface area contributed by atoms with Gasteiger partial charge in [0.1, 0.15) is 0 Å². The monoisotopic (exact) mass is 217 g/mol. The molecular formula is C11H20ClNO. The summed E-state index contributed by atoms with van der Waals surface area (Å²) in [4.78, 5) is 2.37. The normalized spacial score (nSPS) is 29.1. The zero-order valence-electron chi connectivity index (χ0n) is 9.18. The maximum atomic E-state index is 5.72. The van der Waals surface area contributed by atoms with Crippen molar-refractivity contribution >= 4 is 11.6 Å². The lowest BCUT2D eigenvalue weighted by Gasteiger charge is -2.39.